The fourth-order valence-electron chi connectivity index (χ4n) is 0. The minimum Gasteiger partial charge on any atom is 0 e. The van der Waals surface area contributed by atoms with Gasteiger partial charge in [0.15, 0.2) is 0 Å². The van der Waals surface area contributed by atoms with E-state index in [-0.39, 0.29) is 18.5 Å². The fourth-order valence-corrected chi connectivity index (χ4v) is 0. The van der Waals surface area contributed by atoms with Gasteiger partial charge in [-0.2, -0.15) is 0 Å². The van der Waals surface area contributed by atoms with Gasteiger partial charge in [-0.05, 0) is 0 Å². The van der Waals surface area contributed by atoms with Crippen LogP contribution in [0.15, 0.2) is 0 Å². The van der Waals surface area contributed by atoms with Gasteiger partial charge < -0.3 is 0 Å². The SMILES string of the molecule is [F][Sb-]([F])([F])([F])([F])[F].[Fe].[H+]. The van der Waals surface area contributed by atoms with Crippen molar-refractivity contribution in [3.63, 3.8) is 0 Å². The third-order valence-electron chi connectivity index (χ3n) is 0. The predicted molar refractivity (Wildman–Crippen MR) is 13.5 cm³/mol. The summed E-state index contributed by atoms with van der Waals surface area (Å²) in [7, 11) is 0. The van der Waals surface area contributed by atoms with E-state index in [1.54, 1.807) is 0 Å². The average molecular weight is 293 g/mol. The molecule has 0 bridgehead atoms. The van der Waals surface area contributed by atoms with Crippen LogP contribution in [0, 0.1) is 0 Å². The van der Waals surface area contributed by atoms with Crippen molar-refractivity contribution >= 4 is 19.5 Å². The van der Waals surface area contributed by atoms with Crippen molar-refractivity contribution in [2.24, 2.45) is 0 Å². The molecule has 0 aromatic heterocycles. The summed E-state index contributed by atoms with van der Waals surface area (Å²) in [5.74, 6) is 0. The first kappa shape index (κ1) is 11.7. The Hall–Kier alpha value is 0.918. The molecule has 0 rings (SSSR count). The van der Waals surface area contributed by atoms with Crippen LogP contribution in [-0.4, -0.2) is 19.5 Å². The standard InChI is InChI=1S/6FH.Fe.Sb/h6*1H;;/q;;;;;;;+5/p-5. The summed E-state index contributed by atoms with van der Waals surface area (Å²) in [4.78, 5) is 0. The summed E-state index contributed by atoms with van der Waals surface area (Å²) in [6.45, 7) is 0. The van der Waals surface area contributed by atoms with E-state index in [0.29, 0.717) is 0 Å². The molecule has 8 heteroatoms. The minimum absolute atomic E-state index is 0. The molecule has 0 fully saturated rings. The van der Waals surface area contributed by atoms with Crippen LogP contribution in [0.25, 0.3) is 0 Å². The molecule has 0 unspecified atom stereocenters. The summed E-state index contributed by atoms with van der Waals surface area (Å²) in [6, 6.07) is 0. The number of halogens is 6. The monoisotopic (exact) mass is 292 g/mol. The Kier molecular flexibility index (Phi) is 2.18. The fraction of sp³-hybridized carbons (Fsp3) is 0. The molecular formula is HF6FeSb. The molecule has 0 heterocycles. The van der Waals surface area contributed by atoms with Gasteiger partial charge in [0, 0.05) is 17.1 Å². The van der Waals surface area contributed by atoms with Gasteiger partial charge >= 0.3 is 37.8 Å². The van der Waals surface area contributed by atoms with E-state index in [4.69, 9.17) is 0 Å². The molecule has 0 saturated heterocycles. The minimum atomic E-state index is -11.2. The molecule has 0 spiro atoms. The first-order valence-corrected chi connectivity index (χ1v) is 6.80. The van der Waals surface area contributed by atoms with E-state index in [1.165, 1.54) is 0 Å². The molecule has 0 nitrogen and oxygen atoms in total. The Labute approximate surface area is 55.1 Å². The third-order valence-corrected chi connectivity index (χ3v) is 0. The van der Waals surface area contributed by atoms with Crippen LogP contribution in [-0.2, 0) is 17.1 Å². The van der Waals surface area contributed by atoms with Crippen LogP contribution < -0.4 is 0 Å². The molecule has 0 radical (unpaired) electrons. The smallest absolute Gasteiger partial charge is 0 e. The van der Waals surface area contributed by atoms with Crippen LogP contribution in [0.1, 0.15) is 1.43 Å². The maximum Gasteiger partial charge on any atom is 1.00 e. The maximum atomic E-state index is 9.93. The van der Waals surface area contributed by atoms with E-state index in [0.717, 1.165) is 0 Å². The summed E-state index contributed by atoms with van der Waals surface area (Å²) in [6.07, 6.45) is 0. The number of hydrogen-bond acceptors (Lipinski definition) is 0. The molecule has 0 aliphatic heterocycles. The van der Waals surface area contributed by atoms with Crippen LogP contribution in [0.5, 0.6) is 0 Å². The maximum absolute atomic E-state index is 11.2. The Morgan fingerprint density at radius 2 is 0.750 bits per heavy atom. The zero-order valence-corrected chi connectivity index (χ0v) is 6.73. The molecule has 0 saturated carbocycles. The largest absolute Gasteiger partial charge is 1.00 e. The van der Waals surface area contributed by atoms with Crippen molar-refractivity contribution in [1.29, 1.82) is 0 Å². The van der Waals surface area contributed by atoms with Crippen molar-refractivity contribution in [3.05, 3.63) is 0 Å². The van der Waals surface area contributed by atoms with E-state index >= 15 is 0 Å². The second-order valence-electron chi connectivity index (χ2n) is 0.958. The zero-order chi connectivity index (χ0) is 6.41. The van der Waals surface area contributed by atoms with Crippen LogP contribution in [0.2, 0.25) is 0 Å². The van der Waals surface area contributed by atoms with Crippen molar-refractivity contribution in [2.75, 3.05) is 0 Å². The molecule has 0 aromatic carbocycles. The predicted octanol–water partition coefficient (Wildman–Crippen LogP) is 2.25. The quantitative estimate of drug-likeness (QED) is 0.474. The van der Waals surface area contributed by atoms with Gasteiger partial charge in [-0.25, -0.2) is 0 Å². The Bertz CT molecular complexity index is 71.6. The summed E-state index contributed by atoms with van der Waals surface area (Å²) in [5, 5.41) is 0. The topological polar surface area (TPSA) is 0 Å². The molecule has 0 amide bonds. The molecular weight excluding hydrogens is 292 g/mol. The average Bonchev–Trinajstić information content (AvgIpc) is 0.592. The van der Waals surface area contributed by atoms with Gasteiger partial charge in [-0.3, -0.25) is 0 Å². The Morgan fingerprint density at radius 1 is 0.750 bits per heavy atom. The van der Waals surface area contributed by atoms with Crippen molar-refractivity contribution < 1.29 is 35.4 Å². The summed E-state index contributed by atoms with van der Waals surface area (Å²) < 4.78 is 59.6. The van der Waals surface area contributed by atoms with Gasteiger partial charge in [-0.1, -0.05) is 0 Å². The van der Waals surface area contributed by atoms with Gasteiger partial charge in [0.25, 0.3) is 0 Å². The first-order chi connectivity index (χ1) is 2.45. The Balaban J connectivity index is -0.000000180. The van der Waals surface area contributed by atoms with Crippen molar-refractivity contribution in [3.8, 4) is 0 Å². The summed E-state index contributed by atoms with van der Waals surface area (Å²) in [5.41, 5.74) is 0. The third kappa shape index (κ3) is 288. The first-order valence-electron chi connectivity index (χ1n) is 1.01. The number of rotatable bonds is 0. The molecule has 56 valence electrons. The Morgan fingerprint density at radius 3 is 0.750 bits per heavy atom. The van der Waals surface area contributed by atoms with E-state index in [1.807, 2.05) is 0 Å². The number of hydrogen-bond donors (Lipinski definition) is 0. The normalized spacial score (nSPS) is 20.2. The van der Waals surface area contributed by atoms with E-state index in [9.17, 15) is 16.9 Å². The van der Waals surface area contributed by atoms with Crippen molar-refractivity contribution in [1.82, 2.24) is 0 Å². The van der Waals surface area contributed by atoms with Crippen LogP contribution in [0.4, 0.5) is 16.9 Å². The van der Waals surface area contributed by atoms with E-state index < -0.39 is 19.5 Å². The summed E-state index contributed by atoms with van der Waals surface area (Å²) >= 11 is -11.2. The van der Waals surface area contributed by atoms with Gasteiger partial charge in [-0.15, -0.1) is 0 Å². The molecule has 0 aliphatic rings. The van der Waals surface area contributed by atoms with Crippen molar-refractivity contribution in [2.45, 2.75) is 0 Å². The molecule has 0 atom stereocenters. The molecule has 0 aromatic rings. The second-order valence-corrected chi connectivity index (χ2v) is 6.43. The van der Waals surface area contributed by atoms with Gasteiger partial charge in [0.1, 0.15) is 0 Å². The molecule has 8 heavy (non-hydrogen) atoms. The molecule has 0 N–H and O–H groups in total. The molecule has 0 aliphatic carbocycles. The van der Waals surface area contributed by atoms with Crippen LogP contribution >= 0.6 is 0 Å². The van der Waals surface area contributed by atoms with E-state index in [2.05, 4.69) is 0 Å². The van der Waals surface area contributed by atoms with Gasteiger partial charge in [0.2, 0.25) is 0 Å². The van der Waals surface area contributed by atoms with Crippen LogP contribution in [0.3, 0.4) is 0 Å². The second kappa shape index (κ2) is 1.50. The van der Waals surface area contributed by atoms with Gasteiger partial charge in [0.05, 0.1) is 0 Å². The zero-order valence-electron chi connectivity index (χ0n) is 4.07.